The molecule has 7 nitrogen and oxygen atoms in total. The molecule has 3 heterocycles. The summed E-state index contributed by atoms with van der Waals surface area (Å²) in [5.41, 5.74) is 0.976. The van der Waals surface area contributed by atoms with Crippen molar-refractivity contribution in [2.24, 2.45) is 0 Å². The van der Waals surface area contributed by atoms with Gasteiger partial charge in [-0.2, -0.15) is 4.31 Å². The lowest BCUT2D eigenvalue weighted by Gasteiger charge is -2.31. The van der Waals surface area contributed by atoms with E-state index in [1.54, 1.807) is 22.5 Å². The van der Waals surface area contributed by atoms with Gasteiger partial charge in [0.1, 0.15) is 12.4 Å². The van der Waals surface area contributed by atoms with Crippen molar-refractivity contribution in [3.8, 4) is 17.6 Å². The first-order valence-electron chi connectivity index (χ1n) is 10.8. The van der Waals surface area contributed by atoms with E-state index in [4.69, 9.17) is 9.47 Å². The number of ether oxygens (including phenoxy) is 2. The van der Waals surface area contributed by atoms with E-state index >= 15 is 0 Å². The van der Waals surface area contributed by atoms with Crippen molar-refractivity contribution in [3.05, 3.63) is 23.8 Å². The number of sulfonamides is 1. The van der Waals surface area contributed by atoms with E-state index in [2.05, 4.69) is 28.7 Å². The van der Waals surface area contributed by atoms with Crippen LogP contribution in [0.25, 0.3) is 0 Å². The van der Waals surface area contributed by atoms with Gasteiger partial charge in [0.2, 0.25) is 10.0 Å². The number of piperazine rings is 1. The fourth-order valence-corrected chi connectivity index (χ4v) is 5.62. The van der Waals surface area contributed by atoms with Crippen molar-refractivity contribution in [1.29, 1.82) is 0 Å². The molecule has 0 aromatic heterocycles. The lowest BCUT2D eigenvalue weighted by atomic mass is 10.1. The van der Waals surface area contributed by atoms with Gasteiger partial charge in [-0.25, -0.2) is 8.42 Å². The Bertz CT molecular complexity index is 893. The molecule has 3 aliphatic heterocycles. The predicted octanol–water partition coefficient (Wildman–Crippen LogP) is 1.04. The summed E-state index contributed by atoms with van der Waals surface area (Å²) >= 11 is 0. The molecule has 164 valence electrons. The zero-order valence-electron chi connectivity index (χ0n) is 17.7. The Morgan fingerprint density at radius 2 is 1.87 bits per heavy atom. The van der Waals surface area contributed by atoms with Crippen LogP contribution in [0.2, 0.25) is 0 Å². The Kier molecular flexibility index (Phi) is 6.96. The first kappa shape index (κ1) is 21.6. The molecule has 0 amide bonds. The van der Waals surface area contributed by atoms with Crippen molar-refractivity contribution in [2.45, 2.75) is 30.3 Å². The van der Waals surface area contributed by atoms with Crippen molar-refractivity contribution < 1.29 is 17.9 Å². The van der Waals surface area contributed by atoms with Crippen molar-refractivity contribution >= 4 is 10.0 Å². The van der Waals surface area contributed by atoms with Gasteiger partial charge in [-0.05, 0) is 43.7 Å². The summed E-state index contributed by atoms with van der Waals surface area (Å²) in [5.74, 6) is 7.11. The number of rotatable bonds is 5. The van der Waals surface area contributed by atoms with E-state index in [9.17, 15) is 8.42 Å². The minimum absolute atomic E-state index is 0.0720. The molecule has 30 heavy (non-hydrogen) atoms. The van der Waals surface area contributed by atoms with Crippen LogP contribution in [0.3, 0.4) is 0 Å². The minimum atomic E-state index is -3.47. The second-order valence-corrected chi connectivity index (χ2v) is 10.2. The summed E-state index contributed by atoms with van der Waals surface area (Å²) in [7, 11) is -1.32. The molecule has 0 aliphatic carbocycles. The second kappa shape index (κ2) is 9.67. The zero-order valence-corrected chi connectivity index (χ0v) is 18.5. The average molecular weight is 434 g/mol. The predicted molar refractivity (Wildman–Crippen MR) is 115 cm³/mol. The number of piperidine rings is 1. The van der Waals surface area contributed by atoms with Crippen LogP contribution < -0.4 is 4.74 Å². The van der Waals surface area contributed by atoms with E-state index in [1.807, 2.05) is 0 Å². The summed E-state index contributed by atoms with van der Waals surface area (Å²) in [6.45, 7) is 7.12. The molecule has 0 saturated carbocycles. The van der Waals surface area contributed by atoms with Gasteiger partial charge in [-0.3, -0.25) is 4.90 Å². The highest BCUT2D eigenvalue weighted by Gasteiger charge is 2.30. The van der Waals surface area contributed by atoms with E-state index < -0.39 is 10.0 Å². The maximum absolute atomic E-state index is 13.0. The SMILES string of the molecule is CN1CCN(CC#CCOC2CCN(S(=O)(=O)c3ccc4c(c3)CCO4)CC2)CC1. The molecule has 4 rings (SSSR count). The molecule has 1 aromatic rings. The van der Waals surface area contributed by atoms with Crippen LogP contribution in [0.1, 0.15) is 18.4 Å². The maximum Gasteiger partial charge on any atom is 0.243 e. The highest BCUT2D eigenvalue weighted by Crippen LogP contribution is 2.30. The van der Waals surface area contributed by atoms with Crippen LogP contribution in [0.15, 0.2) is 23.1 Å². The molecule has 0 spiro atoms. The lowest BCUT2D eigenvalue weighted by molar-refractivity contribution is 0.0408. The van der Waals surface area contributed by atoms with Crippen molar-refractivity contribution in [3.63, 3.8) is 0 Å². The van der Waals surface area contributed by atoms with E-state index in [-0.39, 0.29) is 6.10 Å². The Hall–Kier alpha value is -1.63. The number of fused-ring (bicyclic) bond motifs is 1. The maximum atomic E-state index is 13.0. The van der Waals surface area contributed by atoms with Crippen molar-refractivity contribution in [2.75, 3.05) is 66.1 Å². The Morgan fingerprint density at radius 3 is 2.63 bits per heavy atom. The Morgan fingerprint density at radius 1 is 1.10 bits per heavy atom. The number of hydrogen-bond donors (Lipinski definition) is 0. The van der Waals surface area contributed by atoms with Gasteiger partial charge in [-0.15, -0.1) is 0 Å². The van der Waals surface area contributed by atoms with Crippen molar-refractivity contribution in [1.82, 2.24) is 14.1 Å². The number of hydrogen-bond acceptors (Lipinski definition) is 6. The molecule has 0 bridgehead atoms. The molecule has 0 radical (unpaired) electrons. The molecule has 3 aliphatic rings. The summed E-state index contributed by atoms with van der Waals surface area (Å²) in [6, 6.07) is 5.18. The fourth-order valence-electron chi connectivity index (χ4n) is 4.10. The van der Waals surface area contributed by atoms with Gasteiger partial charge >= 0.3 is 0 Å². The fraction of sp³-hybridized carbons (Fsp3) is 0.636. The average Bonchev–Trinajstić information content (AvgIpc) is 3.23. The van der Waals surface area contributed by atoms with E-state index in [1.165, 1.54) is 0 Å². The van der Waals surface area contributed by atoms with Gasteiger partial charge < -0.3 is 14.4 Å². The third-order valence-electron chi connectivity index (χ3n) is 6.11. The first-order valence-corrected chi connectivity index (χ1v) is 12.2. The monoisotopic (exact) mass is 433 g/mol. The summed E-state index contributed by atoms with van der Waals surface area (Å²) in [5, 5.41) is 0. The molecule has 0 atom stereocenters. The largest absolute Gasteiger partial charge is 0.493 e. The standard InChI is InChI=1S/C22H31N3O4S/c1-23-12-14-24(15-13-23)9-2-3-16-28-20-6-10-25(11-7-20)30(26,27)21-4-5-22-19(18-21)8-17-29-22/h4-5,18,20H,6-17H2,1H3. The van der Waals surface area contributed by atoms with Gasteiger partial charge in [0.15, 0.2) is 0 Å². The number of benzene rings is 1. The third kappa shape index (κ3) is 5.16. The number of nitrogens with zero attached hydrogens (tertiary/aromatic N) is 3. The van der Waals surface area contributed by atoms with Crippen LogP contribution in [-0.4, -0.2) is 94.7 Å². The van der Waals surface area contributed by atoms with E-state index in [0.29, 0.717) is 44.0 Å². The highest BCUT2D eigenvalue weighted by atomic mass is 32.2. The third-order valence-corrected chi connectivity index (χ3v) is 8.01. The van der Waals surface area contributed by atoms with Crippen LogP contribution in [0.4, 0.5) is 0 Å². The zero-order chi connectivity index (χ0) is 21.0. The molecule has 0 N–H and O–H groups in total. The van der Waals surface area contributed by atoms with Crippen LogP contribution >= 0.6 is 0 Å². The highest BCUT2D eigenvalue weighted by molar-refractivity contribution is 7.89. The summed E-state index contributed by atoms with van der Waals surface area (Å²) in [6.07, 6.45) is 2.24. The second-order valence-electron chi connectivity index (χ2n) is 8.22. The number of likely N-dealkylation sites (N-methyl/N-ethyl adjacent to an activating group) is 1. The lowest BCUT2D eigenvalue weighted by Crippen LogP contribution is -2.44. The van der Waals surface area contributed by atoms with Gasteiger partial charge in [0.25, 0.3) is 0 Å². The van der Waals surface area contributed by atoms with Gasteiger partial charge in [0, 0.05) is 45.7 Å². The minimum Gasteiger partial charge on any atom is -0.493 e. The molecule has 0 unspecified atom stereocenters. The van der Waals surface area contributed by atoms with Crippen LogP contribution in [-0.2, 0) is 21.2 Å². The van der Waals surface area contributed by atoms with Crippen LogP contribution in [0, 0.1) is 11.8 Å². The topological polar surface area (TPSA) is 62.3 Å². The molecular weight excluding hydrogens is 402 g/mol. The normalized spacial score (nSPS) is 21.6. The quantitative estimate of drug-likeness (QED) is 0.647. The molecule has 8 heteroatoms. The summed E-state index contributed by atoms with van der Waals surface area (Å²) < 4.78 is 38.9. The first-order chi connectivity index (χ1) is 14.5. The van der Waals surface area contributed by atoms with Crippen LogP contribution in [0.5, 0.6) is 5.75 Å². The van der Waals surface area contributed by atoms with E-state index in [0.717, 1.165) is 50.5 Å². The Balaban J connectivity index is 1.21. The van der Waals surface area contributed by atoms with Gasteiger partial charge in [0.05, 0.1) is 24.2 Å². The molecule has 2 fully saturated rings. The molecular formula is C22H31N3O4S. The van der Waals surface area contributed by atoms with Gasteiger partial charge in [-0.1, -0.05) is 11.8 Å². The summed E-state index contributed by atoms with van der Waals surface area (Å²) in [4.78, 5) is 5.06. The smallest absolute Gasteiger partial charge is 0.243 e. The molecule has 2 saturated heterocycles. The Labute approximate surface area is 180 Å². The molecule has 1 aromatic carbocycles.